The summed E-state index contributed by atoms with van der Waals surface area (Å²) in [4.78, 5) is 16.6. The minimum Gasteiger partial charge on any atom is -0.497 e. The van der Waals surface area contributed by atoms with Gasteiger partial charge >= 0.3 is 0 Å². The molecule has 140 valence electrons. The van der Waals surface area contributed by atoms with Crippen LogP contribution in [0.1, 0.15) is 30.1 Å². The van der Waals surface area contributed by atoms with E-state index < -0.39 is 0 Å². The molecule has 27 heavy (non-hydrogen) atoms. The molecular weight excluding hydrogens is 346 g/mol. The van der Waals surface area contributed by atoms with E-state index in [0.29, 0.717) is 23.0 Å². The van der Waals surface area contributed by atoms with E-state index in [1.54, 1.807) is 31.4 Å². The summed E-state index contributed by atoms with van der Waals surface area (Å²) in [7, 11) is 1.60. The third-order valence-corrected chi connectivity index (χ3v) is 3.68. The van der Waals surface area contributed by atoms with E-state index in [9.17, 15) is 4.79 Å². The second-order valence-corrected chi connectivity index (χ2v) is 6.12. The Bertz CT molecular complexity index is 904. The summed E-state index contributed by atoms with van der Waals surface area (Å²) in [5.74, 6) is 1.96. The number of amides is 1. The highest BCUT2D eigenvalue weighted by atomic mass is 16.5. The van der Waals surface area contributed by atoms with Crippen LogP contribution in [0.3, 0.4) is 0 Å². The van der Waals surface area contributed by atoms with Gasteiger partial charge in [-0.05, 0) is 50.2 Å². The Hall–Kier alpha value is -3.35. The van der Waals surface area contributed by atoms with Crippen molar-refractivity contribution in [3.05, 3.63) is 60.0 Å². The lowest BCUT2D eigenvalue weighted by Gasteiger charge is -2.09. The maximum Gasteiger partial charge on any atom is 0.251 e. The van der Waals surface area contributed by atoms with Gasteiger partial charge in [-0.15, -0.1) is 0 Å². The number of nitrogens with zero attached hydrogens (tertiary/aromatic N) is 2. The fourth-order valence-electron chi connectivity index (χ4n) is 2.42. The van der Waals surface area contributed by atoms with E-state index in [2.05, 4.69) is 15.5 Å². The molecule has 0 aliphatic carbocycles. The number of benzene rings is 2. The molecule has 0 spiro atoms. The van der Waals surface area contributed by atoms with Crippen LogP contribution in [0.5, 0.6) is 11.5 Å². The van der Waals surface area contributed by atoms with Crippen molar-refractivity contribution >= 4 is 5.91 Å². The van der Waals surface area contributed by atoms with E-state index in [1.807, 2.05) is 38.1 Å². The molecule has 2 aromatic carbocycles. The molecule has 1 heterocycles. The molecule has 0 fully saturated rings. The molecule has 7 nitrogen and oxygen atoms in total. The van der Waals surface area contributed by atoms with Crippen molar-refractivity contribution in [2.24, 2.45) is 0 Å². The maximum absolute atomic E-state index is 12.3. The predicted molar refractivity (Wildman–Crippen MR) is 99.7 cm³/mol. The summed E-state index contributed by atoms with van der Waals surface area (Å²) < 4.78 is 16.0. The first-order valence-electron chi connectivity index (χ1n) is 8.57. The minimum atomic E-state index is -0.229. The van der Waals surface area contributed by atoms with Crippen LogP contribution < -0.4 is 14.8 Å². The van der Waals surface area contributed by atoms with E-state index in [4.69, 9.17) is 14.0 Å². The molecule has 0 saturated heterocycles. The summed E-state index contributed by atoms with van der Waals surface area (Å²) in [6.45, 7) is 4.04. The Labute approximate surface area is 157 Å². The number of hydrogen-bond acceptors (Lipinski definition) is 6. The highest BCUT2D eigenvalue weighted by Gasteiger charge is 2.12. The summed E-state index contributed by atoms with van der Waals surface area (Å²) in [5.41, 5.74) is 1.30. The van der Waals surface area contributed by atoms with Gasteiger partial charge in [0.05, 0.1) is 19.8 Å². The van der Waals surface area contributed by atoms with Crippen molar-refractivity contribution in [2.75, 3.05) is 7.11 Å². The maximum atomic E-state index is 12.3. The van der Waals surface area contributed by atoms with Gasteiger partial charge in [-0.3, -0.25) is 4.79 Å². The summed E-state index contributed by atoms with van der Waals surface area (Å²) >= 11 is 0. The summed E-state index contributed by atoms with van der Waals surface area (Å²) in [5, 5.41) is 6.70. The number of aromatic nitrogens is 2. The first-order valence-corrected chi connectivity index (χ1v) is 8.57. The Morgan fingerprint density at radius 1 is 1.15 bits per heavy atom. The molecule has 1 aromatic heterocycles. The van der Waals surface area contributed by atoms with Gasteiger partial charge in [0, 0.05) is 11.1 Å². The number of nitrogens with one attached hydrogen (secondary N) is 1. The smallest absolute Gasteiger partial charge is 0.251 e. The van der Waals surface area contributed by atoms with Crippen LogP contribution in [-0.2, 0) is 6.54 Å². The molecule has 0 aliphatic heterocycles. The zero-order valence-corrected chi connectivity index (χ0v) is 15.4. The molecule has 7 heteroatoms. The quantitative estimate of drug-likeness (QED) is 0.688. The highest BCUT2D eigenvalue weighted by Crippen LogP contribution is 2.21. The Kier molecular flexibility index (Phi) is 5.71. The van der Waals surface area contributed by atoms with Crippen LogP contribution in [0.4, 0.5) is 0 Å². The molecule has 0 unspecified atom stereocenters. The van der Waals surface area contributed by atoms with Gasteiger partial charge in [0.25, 0.3) is 5.91 Å². The van der Waals surface area contributed by atoms with Crippen LogP contribution in [0.2, 0.25) is 0 Å². The van der Waals surface area contributed by atoms with E-state index in [1.165, 1.54) is 0 Å². The number of carbonyl (C=O) groups is 1. The normalized spacial score (nSPS) is 10.7. The Balaban J connectivity index is 1.60. The second kappa shape index (κ2) is 8.35. The molecule has 0 radical (unpaired) electrons. The van der Waals surface area contributed by atoms with Gasteiger partial charge < -0.3 is 19.3 Å². The number of carbonyl (C=O) groups excluding carboxylic acids is 1. The zero-order valence-electron chi connectivity index (χ0n) is 15.4. The van der Waals surface area contributed by atoms with Crippen molar-refractivity contribution in [1.82, 2.24) is 15.5 Å². The number of hydrogen-bond donors (Lipinski definition) is 1. The minimum absolute atomic E-state index is 0.0842. The first-order chi connectivity index (χ1) is 13.0. The standard InChI is InChI=1S/C20H21N3O4/c1-13(2)26-16-9-7-14(8-10-16)20(24)21-12-18-22-19(23-27-18)15-5-4-6-17(11-15)25-3/h4-11,13H,12H2,1-3H3,(H,21,24). The van der Waals surface area contributed by atoms with Gasteiger partial charge in [0.2, 0.25) is 11.7 Å². The second-order valence-electron chi connectivity index (χ2n) is 6.12. The Morgan fingerprint density at radius 2 is 1.93 bits per heavy atom. The summed E-state index contributed by atoms with van der Waals surface area (Å²) in [6.07, 6.45) is 0.0842. The zero-order chi connectivity index (χ0) is 19.2. The first kappa shape index (κ1) is 18.4. The van der Waals surface area contributed by atoms with Crippen LogP contribution >= 0.6 is 0 Å². The summed E-state index contributed by atoms with van der Waals surface area (Å²) in [6, 6.07) is 14.3. The molecule has 3 aromatic rings. The number of ether oxygens (including phenoxy) is 2. The highest BCUT2D eigenvalue weighted by molar-refractivity contribution is 5.94. The SMILES string of the molecule is COc1cccc(-c2noc(CNC(=O)c3ccc(OC(C)C)cc3)n2)c1. The molecule has 3 rings (SSSR count). The van der Waals surface area contributed by atoms with Crippen LogP contribution in [0, 0.1) is 0 Å². The molecule has 0 saturated carbocycles. The van der Waals surface area contributed by atoms with Gasteiger partial charge in [-0.1, -0.05) is 17.3 Å². The van der Waals surface area contributed by atoms with E-state index in [0.717, 1.165) is 11.3 Å². The van der Waals surface area contributed by atoms with Crippen molar-refractivity contribution < 1.29 is 18.8 Å². The lowest BCUT2D eigenvalue weighted by atomic mass is 10.2. The molecule has 1 N–H and O–H groups in total. The van der Waals surface area contributed by atoms with Gasteiger partial charge in [-0.25, -0.2) is 0 Å². The number of rotatable bonds is 7. The lowest BCUT2D eigenvalue weighted by Crippen LogP contribution is -2.22. The largest absolute Gasteiger partial charge is 0.497 e. The van der Waals surface area contributed by atoms with Crippen molar-refractivity contribution in [2.45, 2.75) is 26.5 Å². The predicted octanol–water partition coefficient (Wildman–Crippen LogP) is 3.46. The molecule has 1 amide bonds. The van der Waals surface area contributed by atoms with Crippen LogP contribution in [0.15, 0.2) is 53.1 Å². The van der Waals surface area contributed by atoms with Crippen LogP contribution in [-0.4, -0.2) is 29.3 Å². The van der Waals surface area contributed by atoms with Crippen LogP contribution in [0.25, 0.3) is 11.4 Å². The van der Waals surface area contributed by atoms with Crippen molar-refractivity contribution in [3.8, 4) is 22.9 Å². The fraction of sp³-hybridized carbons (Fsp3) is 0.250. The van der Waals surface area contributed by atoms with Gasteiger partial charge in [0.1, 0.15) is 11.5 Å². The van der Waals surface area contributed by atoms with E-state index >= 15 is 0 Å². The molecule has 0 bridgehead atoms. The topological polar surface area (TPSA) is 86.5 Å². The molecule has 0 aliphatic rings. The average Bonchev–Trinajstić information content (AvgIpc) is 3.15. The Morgan fingerprint density at radius 3 is 2.63 bits per heavy atom. The third-order valence-electron chi connectivity index (χ3n) is 3.68. The third kappa shape index (κ3) is 4.84. The average molecular weight is 367 g/mol. The van der Waals surface area contributed by atoms with Gasteiger partial charge in [0.15, 0.2) is 0 Å². The monoisotopic (exact) mass is 367 g/mol. The fourth-order valence-corrected chi connectivity index (χ4v) is 2.42. The molecule has 0 atom stereocenters. The van der Waals surface area contributed by atoms with Crippen molar-refractivity contribution in [1.29, 1.82) is 0 Å². The molecular formula is C20H21N3O4. The lowest BCUT2D eigenvalue weighted by molar-refractivity contribution is 0.0946. The van der Waals surface area contributed by atoms with Crippen molar-refractivity contribution in [3.63, 3.8) is 0 Å². The van der Waals surface area contributed by atoms with Gasteiger partial charge in [-0.2, -0.15) is 4.98 Å². The number of methoxy groups -OCH3 is 1. The van der Waals surface area contributed by atoms with E-state index in [-0.39, 0.29) is 18.6 Å².